The smallest absolute Gasteiger partial charge is 0.228 e. The number of amides is 1. The van der Waals surface area contributed by atoms with Gasteiger partial charge in [-0.3, -0.25) is 4.79 Å². The molecule has 0 radical (unpaired) electrons. The van der Waals surface area contributed by atoms with E-state index in [2.05, 4.69) is 21.2 Å². The zero-order chi connectivity index (χ0) is 13.0. The monoisotopic (exact) mass is 331 g/mol. The highest BCUT2D eigenvalue weighted by Crippen LogP contribution is 2.32. The van der Waals surface area contributed by atoms with Gasteiger partial charge in [-0.05, 0) is 60.0 Å². The highest BCUT2D eigenvalue weighted by atomic mass is 79.9. The summed E-state index contributed by atoms with van der Waals surface area (Å²) in [6.45, 7) is 0.269. The molecule has 0 spiro atoms. The molecule has 1 heterocycles. The second-order valence-corrected chi connectivity index (χ2v) is 6.68. The maximum absolute atomic E-state index is 12.1. The second kappa shape index (κ2) is 6.68. The van der Waals surface area contributed by atoms with Crippen molar-refractivity contribution in [2.45, 2.75) is 32.1 Å². The van der Waals surface area contributed by atoms with E-state index >= 15 is 0 Å². The predicted molar refractivity (Wildman–Crippen MR) is 77.8 cm³/mol. The molecule has 0 aromatic carbocycles. The maximum atomic E-state index is 12.1. The number of carbonyl (C=O) groups is 1. The second-order valence-electron chi connectivity index (χ2n) is 4.85. The fourth-order valence-electron chi connectivity index (χ4n) is 2.50. The largest absolute Gasteiger partial charge is 0.396 e. The van der Waals surface area contributed by atoms with E-state index in [4.69, 9.17) is 5.11 Å². The number of hydrogen-bond acceptors (Lipinski definition) is 3. The average molecular weight is 332 g/mol. The third-order valence-electron chi connectivity index (χ3n) is 3.57. The number of thiophene rings is 1. The van der Waals surface area contributed by atoms with Crippen molar-refractivity contribution in [3.8, 4) is 0 Å². The van der Waals surface area contributed by atoms with Gasteiger partial charge in [0.1, 0.15) is 0 Å². The molecule has 1 saturated carbocycles. The van der Waals surface area contributed by atoms with Crippen LogP contribution in [0.2, 0.25) is 0 Å². The Bertz CT molecular complexity index is 399. The molecular weight excluding hydrogens is 314 g/mol. The Morgan fingerprint density at radius 3 is 2.72 bits per heavy atom. The summed E-state index contributed by atoms with van der Waals surface area (Å²) in [7, 11) is 0. The summed E-state index contributed by atoms with van der Waals surface area (Å²) in [5, 5.41) is 14.8. The molecule has 1 amide bonds. The van der Waals surface area contributed by atoms with E-state index in [0.717, 1.165) is 41.6 Å². The van der Waals surface area contributed by atoms with E-state index in [-0.39, 0.29) is 18.4 Å². The fourth-order valence-corrected chi connectivity index (χ4v) is 3.82. The third-order valence-corrected chi connectivity index (χ3v) is 5.18. The molecule has 0 atom stereocenters. The lowest BCUT2D eigenvalue weighted by molar-refractivity contribution is -0.121. The summed E-state index contributed by atoms with van der Waals surface area (Å²) in [5.41, 5.74) is 0. The van der Waals surface area contributed by atoms with Crippen molar-refractivity contribution in [2.24, 2.45) is 11.8 Å². The Balaban J connectivity index is 1.80. The van der Waals surface area contributed by atoms with Crippen LogP contribution in [0.1, 0.15) is 32.1 Å². The quantitative estimate of drug-likeness (QED) is 0.884. The van der Waals surface area contributed by atoms with E-state index in [1.807, 2.05) is 11.4 Å². The molecule has 0 saturated heterocycles. The number of nitrogens with one attached hydrogen (secondary N) is 1. The SMILES string of the molecule is O=C(Nc1cc(Br)cs1)C1CCC(CCO)CC1. The van der Waals surface area contributed by atoms with Crippen molar-refractivity contribution >= 4 is 38.2 Å². The van der Waals surface area contributed by atoms with Crippen molar-refractivity contribution in [3.63, 3.8) is 0 Å². The van der Waals surface area contributed by atoms with Gasteiger partial charge in [0.05, 0.1) is 5.00 Å². The van der Waals surface area contributed by atoms with Crippen LogP contribution in [-0.2, 0) is 4.79 Å². The minimum Gasteiger partial charge on any atom is -0.396 e. The summed E-state index contributed by atoms with van der Waals surface area (Å²) in [6.07, 6.45) is 4.90. The molecule has 1 fully saturated rings. The van der Waals surface area contributed by atoms with Gasteiger partial charge in [-0.1, -0.05) is 0 Å². The van der Waals surface area contributed by atoms with Crippen LogP contribution in [0.4, 0.5) is 5.00 Å². The molecule has 18 heavy (non-hydrogen) atoms. The van der Waals surface area contributed by atoms with Crippen molar-refractivity contribution in [1.82, 2.24) is 0 Å². The van der Waals surface area contributed by atoms with Crippen LogP contribution < -0.4 is 5.32 Å². The van der Waals surface area contributed by atoms with Gasteiger partial charge in [0.2, 0.25) is 5.91 Å². The van der Waals surface area contributed by atoms with Gasteiger partial charge in [-0.2, -0.15) is 0 Å². The first-order valence-electron chi connectivity index (χ1n) is 6.35. The first-order chi connectivity index (χ1) is 8.69. The Hall–Kier alpha value is -0.390. The lowest BCUT2D eigenvalue weighted by atomic mass is 9.80. The normalized spacial score (nSPS) is 23.9. The maximum Gasteiger partial charge on any atom is 0.228 e. The van der Waals surface area contributed by atoms with Crippen LogP contribution in [-0.4, -0.2) is 17.6 Å². The zero-order valence-electron chi connectivity index (χ0n) is 10.2. The number of hydrogen-bond donors (Lipinski definition) is 2. The minimum absolute atomic E-state index is 0.140. The fraction of sp³-hybridized carbons (Fsp3) is 0.615. The van der Waals surface area contributed by atoms with E-state index in [1.165, 1.54) is 11.3 Å². The summed E-state index contributed by atoms with van der Waals surface area (Å²) >= 11 is 4.92. The van der Waals surface area contributed by atoms with Crippen LogP contribution in [0.3, 0.4) is 0 Å². The summed E-state index contributed by atoms with van der Waals surface area (Å²) in [6, 6.07) is 1.93. The average Bonchev–Trinajstić information content (AvgIpc) is 2.76. The van der Waals surface area contributed by atoms with Crippen molar-refractivity contribution in [2.75, 3.05) is 11.9 Å². The number of halogens is 1. The topological polar surface area (TPSA) is 49.3 Å². The standard InChI is InChI=1S/C13H18BrNO2S/c14-11-7-12(18-8-11)15-13(17)10-3-1-9(2-4-10)5-6-16/h7-10,16H,1-6H2,(H,15,17). The molecule has 100 valence electrons. The zero-order valence-corrected chi connectivity index (χ0v) is 12.6. The molecule has 5 heteroatoms. The van der Waals surface area contributed by atoms with E-state index in [1.54, 1.807) is 0 Å². The first kappa shape index (κ1) is 14.0. The van der Waals surface area contributed by atoms with Crippen LogP contribution >= 0.6 is 27.3 Å². The van der Waals surface area contributed by atoms with Crippen molar-refractivity contribution in [1.29, 1.82) is 0 Å². The van der Waals surface area contributed by atoms with Gasteiger partial charge in [-0.25, -0.2) is 0 Å². The van der Waals surface area contributed by atoms with Crippen LogP contribution in [0.25, 0.3) is 0 Å². The number of aliphatic hydroxyl groups is 1. The predicted octanol–water partition coefficient (Wildman–Crippen LogP) is 3.64. The van der Waals surface area contributed by atoms with Gasteiger partial charge >= 0.3 is 0 Å². The first-order valence-corrected chi connectivity index (χ1v) is 8.02. The molecule has 0 unspecified atom stereocenters. The Labute approximate surface area is 120 Å². The van der Waals surface area contributed by atoms with Gasteiger partial charge in [-0.15, -0.1) is 11.3 Å². The lowest BCUT2D eigenvalue weighted by Gasteiger charge is -2.27. The number of aliphatic hydroxyl groups excluding tert-OH is 1. The molecular formula is C13H18BrNO2S. The highest BCUT2D eigenvalue weighted by Gasteiger charge is 2.26. The molecule has 1 aliphatic rings. The molecule has 1 aromatic heterocycles. The number of anilines is 1. The van der Waals surface area contributed by atoms with Gasteiger partial charge in [0.25, 0.3) is 0 Å². The summed E-state index contributed by atoms with van der Waals surface area (Å²) in [4.78, 5) is 12.1. The van der Waals surface area contributed by atoms with E-state index in [9.17, 15) is 4.79 Å². The molecule has 0 aliphatic heterocycles. The van der Waals surface area contributed by atoms with Crippen LogP contribution in [0.5, 0.6) is 0 Å². The lowest BCUT2D eigenvalue weighted by Crippen LogP contribution is -2.27. The van der Waals surface area contributed by atoms with Gasteiger partial charge < -0.3 is 10.4 Å². The van der Waals surface area contributed by atoms with Crippen molar-refractivity contribution in [3.05, 3.63) is 15.9 Å². The Morgan fingerprint density at radius 2 is 2.17 bits per heavy atom. The van der Waals surface area contributed by atoms with Gasteiger partial charge in [0, 0.05) is 22.4 Å². The molecule has 0 bridgehead atoms. The minimum atomic E-state index is 0.140. The molecule has 3 nitrogen and oxygen atoms in total. The highest BCUT2D eigenvalue weighted by molar-refractivity contribution is 9.10. The van der Waals surface area contributed by atoms with Crippen LogP contribution in [0, 0.1) is 11.8 Å². The van der Waals surface area contributed by atoms with Crippen molar-refractivity contribution < 1.29 is 9.90 Å². The van der Waals surface area contributed by atoms with Crippen LogP contribution in [0.15, 0.2) is 15.9 Å². The molecule has 1 aliphatic carbocycles. The summed E-state index contributed by atoms with van der Waals surface area (Å²) < 4.78 is 1.01. The Morgan fingerprint density at radius 1 is 1.44 bits per heavy atom. The number of carbonyl (C=O) groups excluding carboxylic acids is 1. The Kier molecular flexibility index (Phi) is 5.21. The molecule has 2 rings (SSSR count). The molecule has 2 N–H and O–H groups in total. The van der Waals surface area contributed by atoms with E-state index in [0.29, 0.717) is 5.92 Å². The molecule has 1 aromatic rings. The third kappa shape index (κ3) is 3.80. The number of rotatable bonds is 4. The van der Waals surface area contributed by atoms with Gasteiger partial charge in [0.15, 0.2) is 0 Å². The summed E-state index contributed by atoms with van der Waals surface area (Å²) in [5.74, 6) is 0.891. The van der Waals surface area contributed by atoms with E-state index < -0.39 is 0 Å².